The molecule has 0 amide bonds. The number of aryl methyl sites for hydroxylation is 1. The minimum absolute atomic E-state index is 0.00275. The van der Waals surface area contributed by atoms with Gasteiger partial charge in [0, 0.05) is 12.5 Å². The Morgan fingerprint density at radius 3 is 2.86 bits per heavy atom. The molecule has 0 spiro atoms. The average molecular weight is 301 g/mol. The topological polar surface area (TPSA) is 21.3 Å². The number of halogens is 3. The van der Waals surface area contributed by atoms with E-state index in [4.69, 9.17) is 4.74 Å². The molecule has 2 rings (SSSR count). The van der Waals surface area contributed by atoms with E-state index in [9.17, 15) is 13.2 Å². The molecule has 1 aromatic carbocycles. The van der Waals surface area contributed by atoms with Gasteiger partial charge in [0.25, 0.3) is 0 Å². The summed E-state index contributed by atoms with van der Waals surface area (Å²) >= 11 is 0. The van der Waals surface area contributed by atoms with Gasteiger partial charge in [-0.2, -0.15) is 13.2 Å². The van der Waals surface area contributed by atoms with Crippen LogP contribution in [0.4, 0.5) is 13.2 Å². The van der Waals surface area contributed by atoms with Crippen LogP contribution in [0, 0.1) is 0 Å². The summed E-state index contributed by atoms with van der Waals surface area (Å²) < 4.78 is 41.7. The van der Waals surface area contributed by atoms with E-state index in [1.54, 1.807) is 0 Å². The van der Waals surface area contributed by atoms with E-state index in [1.807, 2.05) is 18.2 Å². The van der Waals surface area contributed by atoms with Crippen molar-refractivity contribution in [3.63, 3.8) is 0 Å². The Morgan fingerprint density at radius 1 is 1.33 bits per heavy atom. The number of rotatable bonds is 6. The maximum absolute atomic E-state index is 12.1. The molecule has 0 saturated carbocycles. The smallest absolute Gasteiger partial charge is 0.389 e. The second-order valence-electron chi connectivity index (χ2n) is 5.43. The molecule has 1 aromatic rings. The molecule has 1 aliphatic rings. The van der Waals surface area contributed by atoms with Crippen LogP contribution in [0.25, 0.3) is 0 Å². The van der Waals surface area contributed by atoms with Crippen LogP contribution in [0.3, 0.4) is 0 Å². The van der Waals surface area contributed by atoms with Crippen molar-refractivity contribution >= 4 is 0 Å². The maximum atomic E-state index is 12.1. The van der Waals surface area contributed by atoms with Crippen LogP contribution < -0.4 is 10.1 Å². The van der Waals surface area contributed by atoms with Gasteiger partial charge >= 0.3 is 6.18 Å². The van der Waals surface area contributed by atoms with E-state index in [2.05, 4.69) is 12.2 Å². The Bertz CT molecular complexity index is 459. The molecule has 2 nitrogen and oxygen atoms in total. The minimum Gasteiger partial charge on any atom is -0.494 e. The first-order valence-corrected chi connectivity index (χ1v) is 7.55. The molecule has 1 unspecified atom stereocenters. The van der Waals surface area contributed by atoms with Gasteiger partial charge in [0.1, 0.15) is 5.75 Å². The van der Waals surface area contributed by atoms with Crippen molar-refractivity contribution in [2.24, 2.45) is 0 Å². The molecule has 0 fully saturated rings. The van der Waals surface area contributed by atoms with Crippen molar-refractivity contribution < 1.29 is 17.9 Å². The lowest BCUT2D eigenvalue weighted by Crippen LogP contribution is -2.24. The molecule has 0 bridgehead atoms. The fraction of sp³-hybridized carbons (Fsp3) is 0.625. The van der Waals surface area contributed by atoms with Gasteiger partial charge in [-0.15, -0.1) is 0 Å². The first kappa shape index (κ1) is 16.1. The quantitative estimate of drug-likeness (QED) is 0.787. The third-order valence-electron chi connectivity index (χ3n) is 3.76. The lowest BCUT2D eigenvalue weighted by Gasteiger charge is -2.26. The summed E-state index contributed by atoms with van der Waals surface area (Å²) in [6, 6.07) is 6.21. The second-order valence-corrected chi connectivity index (χ2v) is 5.43. The van der Waals surface area contributed by atoms with Gasteiger partial charge < -0.3 is 10.1 Å². The Balaban J connectivity index is 1.94. The summed E-state index contributed by atoms with van der Waals surface area (Å²) in [6.07, 6.45) is -1.58. The number of hydrogen-bond acceptors (Lipinski definition) is 2. The van der Waals surface area contributed by atoms with E-state index in [-0.39, 0.29) is 13.0 Å². The molecule has 5 heteroatoms. The molecule has 0 radical (unpaired) electrons. The predicted octanol–water partition coefficient (Wildman–Crippen LogP) is 4.39. The van der Waals surface area contributed by atoms with E-state index in [1.165, 1.54) is 11.1 Å². The molecule has 0 saturated heterocycles. The van der Waals surface area contributed by atoms with Crippen molar-refractivity contribution in [2.45, 2.75) is 51.2 Å². The Kier molecular flexibility index (Phi) is 5.51. The van der Waals surface area contributed by atoms with Gasteiger partial charge in [0.05, 0.1) is 6.61 Å². The molecular weight excluding hydrogens is 279 g/mol. The lowest BCUT2D eigenvalue weighted by molar-refractivity contribution is -0.136. The van der Waals surface area contributed by atoms with Crippen LogP contribution >= 0.6 is 0 Å². The average Bonchev–Trinajstić information content (AvgIpc) is 2.43. The van der Waals surface area contributed by atoms with Crippen molar-refractivity contribution in [1.29, 1.82) is 0 Å². The molecular formula is C16H22F3NO. The largest absolute Gasteiger partial charge is 0.494 e. The Morgan fingerprint density at radius 2 is 2.14 bits per heavy atom. The zero-order valence-electron chi connectivity index (χ0n) is 12.3. The Labute approximate surface area is 123 Å². The molecule has 1 atom stereocenters. The number of benzene rings is 1. The highest BCUT2D eigenvalue weighted by molar-refractivity contribution is 5.39. The van der Waals surface area contributed by atoms with Crippen LogP contribution in [-0.2, 0) is 6.42 Å². The lowest BCUT2D eigenvalue weighted by atomic mass is 9.87. The molecule has 0 aromatic heterocycles. The minimum atomic E-state index is -4.10. The second kappa shape index (κ2) is 7.16. The number of hydrogen-bond donors (Lipinski definition) is 1. The fourth-order valence-corrected chi connectivity index (χ4v) is 2.79. The Hall–Kier alpha value is -1.23. The van der Waals surface area contributed by atoms with Crippen molar-refractivity contribution in [3.8, 4) is 5.75 Å². The molecule has 1 aliphatic carbocycles. The van der Waals surface area contributed by atoms with Crippen LogP contribution in [0.2, 0.25) is 0 Å². The summed E-state index contributed by atoms with van der Waals surface area (Å²) in [7, 11) is 0. The van der Waals surface area contributed by atoms with Gasteiger partial charge in [-0.1, -0.05) is 13.0 Å². The van der Waals surface area contributed by atoms with Crippen LogP contribution in [0.15, 0.2) is 18.2 Å². The zero-order valence-corrected chi connectivity index (χ0v) is 12.3. The highest BCUT2D eigenvalue weighted by Crippen LogP contribution is 2.32. The SMILES string of the molecule is CCNC1CCCc2ccc(OCCCC(F)(F)F)cc21. The van der Waals surface area contributed by atoms with Gasteiger partial charge in [-0.3, -0.25) is 0 Å². The van der Waals surface area contributed by atoms with Gasteiger partial charge in [0.15, 0.2) is 0 Å². The van der Waals surface area contributed by atoms with Crippen molar-refractivity contribution in [2.75, 3.05) is 13.2 Å². The van der Waals surface area contributed by atoms with Gasteiger partial charge in [-0.25, -0.2) is 0 Å². The fourth-order valence-electron chi connectivity index (χ4n) is 2.79. The monoisotopic (exact) mass is 301 g/mol. The molecule has 1 N–H and O–H groups in total. The predicted molar refractivity (Wildman–Crippen MR) is 76.6 cm³/mol. The first-order valence-electron chi connectivity index (χ1n) is 7.55. The summed E-state index contributed by atoms with van der Waals surface area (Å²) in [5.74, 6) is 0.667. The molecule has 21 heavy (non-hydrogen) atoms. The van der Waals surface area contributed by atoms with E-state index >= 15 is 0 Å². The number of fused-ring (bicyclic) bond motifs is 1. The van der Waals surface area contributed by atoms with E-state index in [0.29, 0.717) is 11.8 Å². The number of alkyl halides is 3. The van der Waals surface area contributed by atoms with Crippen LogP contribution in [-0.4, -0.2) is 19.3 Å². The summed E-state index contributed by atoms with van der Waals surface area (Å²) in [6.45, 7) is 3.08. The highest BCUT2D eigenvalue weighted by Gasteiger charge is 2.26. The molecule has 0 heterocycles. The molecule has 118 valence electrons. The normalized spacial score (nSPS) is 18.4. The summed E-state index contributed by atoms with van der Waals surface area (Å²) in [5.41, 5.74) is 2.55. The third kappa shape index (κ3) is 4.92. The van der Waals surface area contributed by atoms with E-state index < -0.39 is 12.6 Å². The number of nitrogens with one attached hydrogen (secondary N) is 1. The van der Waals surface area contributed by atoms with Gasteiger partial charge in [0.2, 0.25) is 0 Å². The van der Waals surface area contributed by atoms with Gasteiger partial charge in [-0.05, 0) is 55.5 Å². The zero-order chi connectivity index (χ0) is 15.3. The maximum Gasteiger partial charge on any atom is 0.389 e. The van der Waals surface area contributed by atoms with Crippen LogP contribution in [0.5, 0.6) is 5.75 Å². The standard InChI is InChI=1S/C16H22F3NO/c1-2-20-15-6-3-5-12-7-8-13(11-14(12)15)21-10-4-9-16(17,18)19/h7-8,11,15,20H,2-6,9-10H2,1H3. The first-order chi connectivity index (χ1) is 9.99. The van der Waals surface area contributed by atoms with Crippen molar-refractivity contribution in [3.05, 3.63) is 29.3 Å². The summed E-state index contributed by atoms with van der Waals surface area (Å²) in [4.78, 5) is 0. The number of ether oxygens (including phenoxy) is 1. The highest BCUT2D eigenvalue weighted by atomic mass is 19.4. The third-order valence-corrected chi connectivity index (χ3v) is 3.76. The van der Waals surface area contributed by atoms with E-state index in [0.717, 1.165) is 25.8 Å². The molecule has 0 aliphatic heterocycles. The van der Waals surface area contributed by atoms with Crippen LogP contribution in [0.1, 0.15) is 49.8 Å². The summed E-state index contributed by atoms with van der Waals surface area (Å²) in [5, 5.41) is 3.45. The van der Waals surface area contributed by atoms with Crippen molar-refractivity contribution in [1.82, 2.24) is 5.32 Å².